The zero-order valence-corrected chi connectivity index (χ0v) is 17.8. The maximum atomic E-state index is 5.50. The minimum absolute atomic E-state index is 0.446. The van der Waals surface area contributed by atoms with Crippen molar-refractivity contribution in [3.05, 3.63) is 23.9 Å². The van der Waals surface area contributed by atoms with Crippen LogP contribution in [0.4, 0.5) is 5.82 Å². The zero-order chi connectivity index (χ0) is 19.2. The Labute approximate surface area is 173 Å². The Kier molecular flexibility index (Phi) is 6.62. The van der Waals surface area contributed by atoms with Gasteiger partial charge in [0.2, 0.25) is 0 Å². The van der Waals surface area contributed by atoms with Gasteiger partial charge in [0.15, 0.2) is 5.96 Å². The molecule has 2 aliphatic heterocycles. The number of hydrogen-bond donors (Lipinski definition) is 1. The number of anilines is 1. The van der Waals surface area contributed by atoms with Crippen molar-refractivity contribution in [2.45, 2.75) is 43.4 Å². The highest BCUT2D eigenvalue weighted by atomic mass is 32.2. The van der Waals surface area contributed by atoms with Gasteiger partial charge < -0.3 is 19.9 Å². The largest absolute Gasteiger partial charge is 0.378 e. The van der Waals surface area contributed by atoms with Crippen LogP contribution in [0.1, 0.15) is 37.7 Å². The van der Waals surface area contributed by atoms with Gasteiger partial charge in [-0.1, -0.05) is 25.3 Å². The van der Waals surface area contributed by atoms with E-state index in [0.29, 0.717) is 4.75 Å². The first-order valence-corrected chi connectivity index (χ1v) is 11.6. The monoisotopic (exact) mass is 403 g/mol. The summed E-state index contributed by atoms with van der Waals surface area (Å²) in [6, 6.07) is 4.20. The molecule has 0 radical (unpaired) electrons. The van der Waals surface area contributed by atoms with Crippen molar-refractivity contribution in [2.75, 3.05) is 57.1 Å². The fourth-order valence-electron chi connectivity index (χ4n) is 4.66. The molecule has 0 bridgehead atoms. The fraction of sp³-hybridized carbons (Fsp3) is 0.714. The van der Waals surface area contributed by atoms with Crippen molar-refractivity contribution in [2.24, 2.45) is 4.99 Å². The maximum Gasteiger partial charge on any atom is 0.193 e. The van der Waals surface area contributed by atoms with Crippen LogP contribution in [-0.2, 0) is 11.3 Å². The van der Waals surface area contributed by atoms with Crippen LogP contribution in [0.3, 0.4) is 0 Å². The second-order valence-electron chi connectivity index (χ2n) is 8.00. The molecule has 1 aromatic rings. The first-order chi connectivity index (χ1) is 13.8. The minimum Gasteiger partial charge on any atom is -0.378 e. The molecule has 1 N–H and O–H groups in total. The number of morpholine rings is 1. The predicted molar refractivity (Wildman–Crippen MR) is 117 cm³/mol. The molecular weight excluding hydrogens is 370 g/mol. The molecule has 0 unspecified atom stereocenters. The molecule has 1 spiro atoms. The van der Waals surface area contributed by atoms with Gasteiger partial charge in [0.25, 0.3) is 0 Å². The third-order valence-corrected chi connectivity index (χ3v) is 7.68. The highest BCUT2D eigenvalue weighted by molar-refractivity contribution is 8.00. The quantitative estimate of drug-likeness (QED) is 0.619. The van der Waals surface area contributed by atoms with E-state index in [4.69, 9.17) is 4.74 Å². The van der Waals surface area contributed by atoms with Crippen LogP contribution in [0.15, 0.2) is 23.3 Å². The first-order valence-electron chi connectivity index (χ1n) is 10.7. The van der Waals surface area contributed by atoms with Crippen LogP contribution in [0.25, 0.3) is 0 Å². The topological polar surface area (TPSA) is 53.0 Å². The summed E-state index contributed by atoms with van der Waals surface area (Å²) in [7, 11) is 1.91. The van der Waals surface area contributed by atoms with Gasteiger partial charge in [-0.15, -0.1) is 0 Å². The lowest BCUT2D eigenvalue weighted by atomic mass is 9.87. The SMILES string of the molecule is CN=C(NCc1cccnc1N1CCOCC1)N1CCSC2(CCCCC2)C1. The van der Waals surface area contributed by atoms with Gasteiger partial charge in [0, 0.05) is 62.0 Å². The molecule has 154 valence electrons. The molecule has 2 saturated heterocycles. The van der Waals surface area contributed by atoms with Crippen LogP contribution in [-0.4, -0.2) is 72.8 Å². The van der Waals surface area contributed by atoms with E-state index in [1.807, 2.05) is 19.3 Å². The van der Waals surface area contributed by atoms with E-state index in [9.17, 15) is 0 Å². The van der Waals surface area contributed by atoms with Crippen molar-refractivity contribution in [1.29, 1.82) is 0 Å². The summed E-state index contributed by atoms with van der Waals surface area (Å²) in [5.74, 6) is 3.31. The Hall–Kier alpha value is -1.47. The van der Waals surface area contributed by atoms with Gasteiger partial charge in [0.1, 0.15) is 5.82 Å². The molecule has 3 fully saturated rings. The normalized spacial score (nSPS) is 23.1. The lowest BCUT2D eigenvalue weighted by Gasteiger charge is -2.45. The zero-order valence-electron chi connectivity index (χ0n) is 17.0. The van der Waals surface area contributed by atoms with Gasteiger partial charge in [-0.3, -0.25) is 4.99 Å². The number of aromatic nitrogens is 1. The molecule has 1 aromatic heterocycles. The molecule has 4 rings (SSSR count). The Balaban J connectivity index is 1.41. The maximum absolute atomic E-state index is 5.50. The molecule has 3 aliphatic rings. The van der Waals surface area contributed by atoms with Crippen LogP contribution in [0.2, 0.25) is 0 Å². The smallest absolute Gasteiger partial charge is 0.193 e. The average molecular weight is 404 g/mol. The summed E-state index contributed by atoms with van der Waals surface area (Å²) in [6.07, 6.45) is 8.76. The molecular formula is C21H33N5OS. The van der Waals surface area contributed by atoms with Crippen molar-refractivity contribution < 1.29 is 4.74 Å². The van der Waals surface area contributed by atoms with E-state index in [0.717, 1.165) is 57.7 Å². The molecule has 1 saturated carbocycles. The summed E-state index contributed by atoms with van der Waals surface area (Å²) >= 11 is 2.20. The Morgan fingerprint density at radius 3 is 2.86 bits per heavy atom. The summed E-state index contributed by atoms with van der Waals surface area (Å²) < 4.78 is 5.94. The molecule has 7 heteroatoms. The van der Waals surface area contributed by atoms with Crippen LogP contribution in [0, 0.1) is 0 Å². The Bertz CT molecular complexity index is 665. The summed E-state index contributed by atoms with van der Waals surface area (Å²) in [6.45, 7) is 6.33. The van der Waals surface area contributed by atoms with Crippen LogP contribution in [0.5, 0.6) is 0 Å². The number of aliphatic imine (C=N–C) groups is 1. The third kappa shape index (κ3) is 4.57. The van der Waals surface area contributed by atoms with Crippen LogP contribution >= 0.6 is 11.8 Å². The lowest BCUT2D eigenvalue weighted by molar-refractivity contribution is 0.122. The van der Waals surface area contributed by atoms with Gasteiger partial charge >= 0.3 is 0 Å². The number of ether oxygens (including phenoxy) is 1. The molecule has 28 heavy (non-hydrogen) atoms. The predicted octanol–water partition coefficient (Wildman–Crippen LogP) is 2.75. The fourth-order valence-corrected chi connectivity index (χ4v) is 6.23. The summed E-state index contributed by atoms with van der Waals surface area (Å²) in [5, 5.41) is 3.63. The minimum atomic E-state index is 0.446. The molecule has 1 aliphatic carbocycles. The number of nitrogens with zero attached hydrogens (tertiary/aromatic N) is 4. The van der Waals surface area contributed by atoms with Crippen molar-refractivity contribution in [1.82, 2.24) is 15.2 Å². The lowest BCUT2D eigenvalue weighted by Crippen LogP contribution is -2.53. The van der Waals surface area contributed by atoms with Gasteiger partial charge in [0.05, 0.1) is 13.2 Å². The number of guanidine groups is 1. The molecule has 0 atom stereocenters. The second kappa shape index (κ2) is 9.35. The van der Waals surface area contributed by atoms with E-state index in [2.05, 4.69) is 42.9 Å². The van der Waals surface area contributed by atoms with E-state index >= 15 is 0 Å². The highest BCUT2D eigenvalue weighted by Crippen LogP contribution is 2.42. The highest BCUT2D eigenvalue weighted by Gasteiger charge is 2.38. The average Bonchev–Trinajstić information content (AvgIpc) is 2.76. The van der Waals surface area contributed by atoms with Crippen molar-refractivity contribution in [3.63, 3.8) is 0 Å². The van der Waals surface area contributed by atoms with Gasteiger partial charge in [-0.25, -0.2) is 4.98 Å². The van der Waals surface area contributed by atoms with Crippen molar-refractivity contribution in [3.8, 4) is 0 Å². The summed E-state index contributed by atoms with van der Waals surface area (Å²) in [5.41, 5.74) is 1.23. The Morgan fingerprint density at radius 1 is 1.25 bits per heavy atom. The number of hydrogen-bond acceptors (Lipinski definition) is 5. The van der Waals surface area contributed by atoms with Gasteiger partial charge in [-0.05, 0) is 18.9 Å². The van der Waals surface area contributed by atoms with Gasteiger partial charge in [-0.2, -0.15) is 11.8 Å². The van der Waals surface area contributed by atoms with E-state index in [1.165, 1.54) is 43.4 Å². The third-order valence-electron chi connectivity index (χ3n) is 6.14. The number of pyridine rings is 1. The van der Waals surface area contributed by atoms with E-state index in [-0.39, 0.29) is 0 Å². The Morgan fingerprint density at radius 2 is 2.07 bits per heavy atom. The second-order valence-corrected chi connectivity index (χ2v) is 9.56. The first kappa shape index (κ1) is 19.8. The standard InChI is InChI=1S/C21H33N5OS/c1-22-20(26-12-15-28-21(17-26)7-3-2-4-8-21)24-16-18-6-5-9-23-19(18)25-10-13-27-14-11-25/h5-6,9H,2-4,7-8,10-17H2,1H3,(H,22,24). The number of rotatable bonds is 3. The van der Waals surface area contributed by atoms with E-state index < -0.39 is 0 Å². The molecule has 3 heterocycles. The van der Waals surface area contributed by atoms with Crippen LogP contribution < -0.4 is 10.2 Å². The number of thioether (sulfide) groups is 1. The molecule has 6 nitrogen and oxygen atoms in total. The summed E-state index contributed by atoms with van der Waals surface area (Å²) in [4.78, 5) is 14.1. The molecule has 0 aromatic carbocycles. The number of nitrogens with one attached hydrogen (secondary N) is 1. The van der Waals surface area contributed by atoms with Crippen molar-refractivity contribution >= 4 is 23.5 Å². The molecule has 0 amide bonds. The van der Waals surface area contributed by atoms with E-state index in [1.54, 1.807) is 0 Å².